The van der Waals surface area contributed by atoms with Crippen molar-refractivity contribution in [3.05, 3.63) is 70.9 Å². The zero-order valence-electron chi connectivity index (χ0n) is 22.1. The van der Waals surface area contributed by atoms with Gasteiger partial charge in [0.2, 0.25) is 0 Å². The molecule has 0 spiro atoms. The normalized spacial score (nSPS) is 11.6. The number of benzene rings is 2. The standard InChI is InChI=1S/C28H32N4O5S/c1-6-36-24-11-10-21(32-23(17-33)18(2)31-27(35)37-28(3,4)5)15-22(24)25(34)30-16-19-8-7-9-20(14-19)26-29-12-13-38-26/h7-15,18,32H,6,16H2,1-5H3,(H,30,34)(H,31,35). The summed E-state index contributed by atoms with van der Waals surface area (Å²) in [5.74, 6) is 1.89. The van der Waals surface area contributed by atoms with Crippen molar-refractivity contribution in [1.29, 1.82) is 0 Å². The topological polar surface area (TPSA) is 119 Å². The van der Waals surface area contributed by atoms with Gasteiger partial charge in [0.1, 0.15) is 28.0 Å². The van der Waals surface area contributed by atoms with Gasteiger partial charge in [-0.3, -0.25) is 4.79 Å². The molecule has 9 nitrogen and oxygen atoms in total. The van der Waals surface area contributed by atoms with E-state index < -0.39 is 17.7 Å². The summed E-state index contributed by atoms with van der Waals surface area (Å²) in [5.41, 5.74) is 2.06. The van der Waals surface area contributed by atoms with Crippen molar-refractivity contribution >= 4 is 35.0 Å². The number of alkyl carbamates (subject to hydrolysis) is 1. The first-order valence-corrected chi connectivity index (χ1v) is 13.0. The number of nitrogens with zero attached hydrogens (tertiary/aromatic N) is 1. The van der Waals surface area contributed by atoms with E-state index in [9.17, 15) is 14.4 Å². The second kappa shape index (κ2) is 12.9. The fraction of sp³-hybridized carbons (Fsp3) is 0.321. The van der Waals surface area contributed by atoms with Gasteiger partial charge in [-0.25, -0.2) is 14.6 Å². The summed E-state index contributed by atoms with van der Waals surface area (Å²) in [4.78, 5) is 41.3. The molecule has 0 fully saturated rings. The summed E-state index contributed by atoms with van der Waals surface area (Å²) >= 11 is 1.55. The number of anilines is 1. The van der Waals surface area contributed by atoms with Gasteiger partial charge in [-0.2, -0.15) is 0 Å². The van der Waals surface area contributed by atoms with Crippen LogP contribution in [0.25, 0.3) is 10.6 Å². The summed E-state index contributed by atoms with van der Waals surface area (Å²) in [5, 5.41) is 11.3. The molecule has 3 aromatic rings. The van der Waals surface area contributed by atoms with Gasteiger partial charge in [0, 0.05) is 29.4 Å². The highest BCUT2D eigenvalue weighted by atomic mass is 32.1. The molecule has 38 heavy (non-hydrogen) atoms. The number of aromatic nitrogens is 1. The fourth-order valence-corrected chi connectivity index (χ4v) is 4.09. The number of rotatable bonds is 10. The van der Waals surface area contributed by atoms with E-state index in [0.717, 1.165) is 16.1 Å². The summed E-state index contributed by atoms with van der Waals surface area (Å²) in [6.07, 6.45) is 1.09. The third kappa shape index (κ3) is 8.19. The van der Waals surface area contributed by atoms with Crippen LogP contribution in [0, 0.1) is 0 Å². The average molecular weight is 537 g/mol. The molecular formula is C28H32N4O5S. The Labute approximate surface area is 226 Å². The summed E-state index contributed by atoms with van der Waals surface area (Å²) in [6, 6.07) is 12.0. The van der Waals surface area contributed by atoms with E-state index in [1.807, 2.05) is 42.5 Å². The Kier molecular flexibility index (Phi) is 9.65. The molecule has 2 aromatic carbocycles. The van der Waals surface area contributed by atoms with Gasteiger partial charge >= 0.3 is 6.09 Å². The van der Waals surface area contributed by atoms with Crippen molar-refractivity contribution in [3.8, 4) is 16.3 Å². The van der Waals surface area contributed by atoms with Crippen LogP contribution < -0.4 is 20.7 Å². The number of ether oxygens (including phenoxy) is 2. The van der Waals surface area contributed by atoms with Gasteiger partial charge in [0.25, 0.3) is 5.91 Å². The maximum absolute atomic E-state index is 13.2. The van der Waals surface area contributed by atoms with Crippen LogP contribution in [0.15, 0.2) is 59.7 Å². The molecule has 0 aliphatic carbocycles. The van der Waals surface area contributed by atoms with Crippen molar-refractivity contribution in [2.45, 2.75) is 52.8 Å². The lowest BCUT2D eigenvalue weighted by molar-refractivity contribution is 0.0516. The van der Waals surface area contributed by atoms with Crippen LogP contribution in [-0.4, -0.2) is 41.2 Å². The summed E-state index contributed by atoms with van der Waals surface area (Å²) in [6.45, 7) is 9.37. The van der Waals surface area contributed by atoms with E-state index in [0.29, 0.717) is 30.2 Å². The average Bonchev–Trinajstić information content (AvgIpc) is 3.41. The minimum atomic E-state index is -0.712. The quantitative estimate of drug-likeness (QED) is 0.306. The van der Waals surface area contributed by atoms with E-state index in [1.54, 1.807) is 63.4 Å². The molecule has 0 radical (unpaired) electrons. The van der Waals surface area contributed by atoms with Crippen molar-refractivity contribution in [2.24, 2.45) is 0 Å². The smallest absolute Gasteiger partial charge is 0.408 e. The highest BCUT2D eigenvalue weighted by Crippen LogP contribution is 2.25. The first kappa shape index (κ1) is 28.4. The third-order valence-electron chi connectivity index (χ3n) is 5.14. The second-order valence-electron chi connectivity index (χ2n) is 9.37. The van der Waals surface area contributed by atoms with Crippen LogP contribution in [0.5, 0.6) is 5.75 Å². The lowest BCUT2D eigenvalue weighted by Gasteiger charge is -2.22. The number of nitrogens with one attached hydrogen (secondary N) is 3. The predicted octanol–water partition coefficient (Wildman–Crippen LogP) is 5.18. The van der Waals surface area contributed by atoms with Crippen molar-refractivity contribution in [3.63, 3.8) is 0 Å². The minimum absolute atomic E-state index is 0.0744. The molecule has 200 valence electrons. The summed E-state index contributed by atoms with van der Waals surface area (Å²) < 4.78 is 10.9. The van der Waals surface area contributed by atoms with Gasteiger partial charge in [-0.15, -0.1) is 11.3 Å². The van der Waals surface area contributed by atoms with Crippen molar-refractivity contribution < 1.29 is 23.9 Å². The van der Waals surface area contributed by atoms with Crippen LogP contribution in [0.3, 0.4) is 0 Å². The number of carbonyl (C=O) groups is 2. The Morgan fingerprint density at radius 3 is 2.61 bits per heavy atom. The Morgan fingerprint density at radius 2 is 1.95 bits per heavy atom. The molecule has 2 amide bonds. The molecule has 1 unspecified atom stereocenters. The first-order chi connectivity index (χ1) is 18.1. The Morgan fingerprint density at radius 1 is 1.16 bits per heavy atom. The molecule has 1 aromatic heterocycles. The van der Waals surface area contributed by atoms with Gasteiger partial charge in [-0.1, -0.05) is 18.2 Å². The fourth-order valence-electron chi connectivity index (χ4n) is 3.46. The lowest BCUT2D eigenvalue weighted by Crippen LogP contribution is -2.40. The van der Waals surface area contributed by atoms with E-state index in [2.05, 4.69) is 20.9 Å². The number of thiazole rings is 1. The predicted molar refractivity (Wildman–Crippen MR) is 148 cm³/mol. The first-order valence-electron chi connectivity index (χ1n) is 12.1. The lowest BCUT2D eigenvalue weighted by atomic mass is 10.1. The van der Waals surface area contributed by atoms with E-state index in [-0.39, 0.29) is 11.6 Å². The highest BCUT2D eigenvalue weighted by molar-refractivity contribution is 7.13. The van der Waals surface area contributed by atoms with E-state index in [1.165, 1.54) is 0 Å². The molecule has 3 N–H and O–H groups in total. The number of hydrogen-bond donors (Lipinski definition) is 3. The van der Waals surface area contributed by atoms with Crippen LogP contribution in [0.1, 0.15) is 50.5 Å². The van der Waals surface area contributed by atoms with Crippen LogP contribution in [-0.2, 0) is 16.1 Å². The van der Waals surface area contributed by atoms with E-state index >= 15 is 0 Å². The molecule has 0 saturated carbocycles. The van der Waals surface area contributed by atoms with E-state index in [4.69, 9.17) is 9.47 Å². The largest absolute Gasteiger partial charge is 0.493 e. The number of hydrogen-bond acceptors (Lipinski definition) is 8. The minimum Gasteiger partial charge on any atom is -0.493 e. The third-order valence-corrected chi connectivity index (χ3v) is 5.96. The maximum atomic E-state index is 13.2. The molecule has 1 atom stereocenters. The molecule has 3 rings (SSSR count). The Bertz CT molecular complexity index is 1310. The monoisotopic (exact) mass is 536 g/mol. The zero-order chi connectivity index (χ0) is 27.7. The summed E-state index contributed by atoms with van der Waals surface area (Å²) in [7, 11) is 0. The van der Waals surface area contributed by atoms with Crippen molar-refractivity contribution in [1.82, 2.24) is 15.6 Å². The van der Waals surface area contributed by atoms with Crippen molar-refractivity contribution in [2.75, 3.05) is 11.9 Å². The zero-order valence-corrected chi connectivity index (χ0v) is 22.9. The maximum Gasteiger partial charge on any atom is 0.408 e. The highest BCUT2D eigenvalue weighted by Gasteiger charge is 2.21. The molecule has 0 aliphatic heterocycles. The SMILES string of the molecule is CCOc1ccc(NC(=C=O)C(C)NC(=O)OC(C)(C)C)cc1C(=O)NCc1cccc(-c2nccs2)c1. The van der Waals surface area contributed by atoms with Gasteiger partial charge in [-0.05, 0) is 64.4 Å². The van der Waals surface area contributed by atoms with Crippen LogP contribution in [0.2, 0.25) is 0 Å². The number of carbonyl (C=O) groups excluding carboxylic acids is 3. The molecule has 0 saturated heterocycles. The Balaban J connectivity index is 1.72. The molecule has 0 aliphatic rings. The molecular weight excluding hydrogens is 504 g/mol. The van der Waals surface area contributed by atoms with Gasteiger partial charge in [0.05, 0.1) is 18.2 Å². The number of amides is 2. The van der Waals surface area contributed by atoms with Gasteiger partial charge < -0.3 is 25.4 Å². The molecule has 10 heteroatoms. The van der Waals surface area contributed by atoms with Crippen LogP contribution >= 0.6 is 11.3 Å². The second-order valence-corrected chi connectivity index (χ2v) is 10.3. The molecule has 0 bridgehead atoms. The van der Waals surface area contributed by atoms with Crippen LogP contribution in [0.4, 0.5) is 10.5 Å². The van der Waals surface area contributed by atoms with Gasteiger partial charge in [0.15, 0.2) is 0 Å². The molecule has 1 heterocycles. The Hall–Kier alpha value is -4.14.